The van der Waals surface area contributed by atoms with E-state index in [-0.39, 0.29) is 23.8 Å². The number of thiophene rings is 1. The third kappa shape index (κ3) is 3.78. The fraction of sp³-hybridized carbons (Fsp3) is 0.524. The van der Waals surface area contributed by atoms with Crippen molar-refractivity contribution in [2.24, 2.45) is 5.92 Å². The van der Waals surface area contributed by atoms with Crippen molar-refractivity contribution in [3.63, 3.8) is 0 Å². The molecule has 138 valence electrons. The zero-order valence-electron chi connectivity index (χ0n) is 15.1. The molecule has 1 N–H and O–H groups in total. The van der Waals surface area contributed by atoms with E-state index in [0.717, 1.165) is 53.7 Å². The number of hydrogen-bond donors (Lipinski definition) is 1. The first-order valence-corrected chi connectivity index (χ1v) is 10.6. The van der Waals surface area contributed by atoms with Gasteiger partial charge in [0, 0.05) is 29.7 Å². The van der Waals surface area contributed by atoms with E-state index in [1.54, 1.807) is 11.3 Å². The van der Waals surface area contributed by atoms with Gasteiger partial charge < -0.3 is 10.2 Å². The molecule has 2 aromatic rings. The highest BCUT2D eigenvalue weighted by Gasteiger charge is 2.28. The van der Waals surface area contributed by atoms with E-state index >= 15 is 0 Å². The summed E-state index contributed by atoms with van der Waals surface area (Å²) in [7, 11) is 0. The summed E-state index contributed by atoms with van der Waals surface area (Å²) in [5.41, 5.74) is 0. The number of benzene rings is 1. The number of fused-ring (bicyclic) bond motifs is 1. The van der Waals surface area contributed by atoms with Gasteiger partial charge in [-0.05, 0) is 43.2 Å². The van der Waals surface area contributed by atoms with Crippen LogP contribution in [0.15, 0.2) is 30.3 Å². The Morgan fingerprint density at radius 3 is 2.46 bits per heavy atom. The Labute approximate surface area is 158 Å². The predicted molar refractivity (Wildman–Crippen MR) is 105 cm³/mol. The third-order valence-corrected chi connectivity index (χ3v) is 6.84. The molecule has 5 heteroatoms. The Morgan fingerprint density at radius 2 is 1.73 bits per heavy atom. The molecule has 0 atom stereocenters. The van der Waals surface area contributed by atoms with Crippen LogP contribution in [0.3, 0.4) is 0 Å². The third-order valence-electron chi connectivity index (χ3n) is 5.74. The summed E-state index contributed by atoms with van der Waals surface area (Å²) in [6, 6.07) is 10.3. The maximum absolute atomic E-state index is 12.8. The molecule has 1 aliphatic carbocycles. The second kappa shape index (κ2) is 7.78. The molecule has 0 bridgehead atoms. The average molecular weight is 371 g/mol. The molecule has 2 fully saturated rings. The maximum atomic E-state index is 12.8. The van der Waals surface area contributed by atoms with E-state index in [0.29, 0.717) is 0 Å². The lowest BCUT2D eigenvalue weighted by molar-refractivity contribution is -0.126. The molecular weight excluding hydrogens is 344 g/mol. The van der Waals surface area contributed by atoms with Gasteiger partial charge in [0.2, 0.25) is 5.91 Å². The number of nitrogens with zero attached hydrogens (tertiary/aromatic N) is 1. The molecule has 2 aliphatic rings. The lowest BCUT2D eigenvalue weighted by Crippen LogP contribution is -2.48. The predicted octanol–water partition coefficient (Wildman–Crippen LogP) is 4.20. The number of rotatable bonds is 3. The van der Waals surface area contributed by atoms with Gasteiger partial charge in [0.05, 0.1) is 4.88 Å². The van der Waals surface area contributed by atoms with Crippen LogP contribution in [-0.2, 0) is 4.79 Å². The van der Waals surface area contributed by atoms with Crippen LogP contribution in [0, 0.1) is 5.92 Å². The van der Waals surface area contributed by atoms with Gasteiger partial charge in [-0.3, -0.25) is 9.59 Å². The molecule has 0 spiro atoms. The van der Waals surface area contributed by atoms with Crippen molar-refractivity contribution < 1.29 is 9.59 Å². The molecule has 0 radical (unpaired) electrons. The smallest absolute Gasteiger partial charge is 0.263 e. The Bertz CT molecular complexity index is 753. The van der Waals surface area contributed by atoms with Crippen LogP contribution in [0.2, 0.25) is 0 Å². The molecule has 1 saturated heterocycles. The highest BCUT2D eigenvalue weighted by molar-refractivity contribution is 7.20. The zero-order valence-corrected chi connectivity index (χ0v) is 15.9. The average Bonchev–Trinajstić information content (AvgIpc) is 3.13. The second-order valence-electron chi connectivity index (χ2n) is 7.56. The maximum Gasteiger partial charge on any atom is 0.263 e. The molecule has 4 nitrogen and oxygen atoms in total. The highest BCUT2D eigenvalue weighted by Crippen LogP contribution is 2.28. The summed E-state index contributed by atoms with van der Waals surface area (Å²) < 4.78 is 1.16. The van der Waals surface area contributed by atoms with Gasteiger partial charge >= 0.3 is 0 Å². The number of hydrogen-bond acceptors (Lipinski definition) is 3. The molecule has 2 amide bonds. The van der Waals surface area contributed by atoms with Crippen molar-refractivity contribution in [3.05, 3.63) is 35.2 Å². The Kier molecular flexibility index (Phi) is 5.25. The number of piperidine rings is 1. The minimum Gasteiger partial charge on any atom is -0.353 e. The lowest BCUT2D eigenvalue weighted by atomic mass is 9.88. The fourth-order valence-electron chi connectivity index (χ4n) is 4.15. The summed E-state index contributed by atoms with van der Waals surface area (Å²) in [5.74, 6) is 0.573. The van der Waals surface area contributed by atoms with Gasteiger partial charge in [0.25, 0.3) is 5.91 Å². The molecule has 0 unspecified atom stereocenters. The van der Waals surface area contributed by atoms with E-state index < -0.39 is 0 Å². The van der Waals surface area contributed by atoms with Crippen LogP contribution >= 0.6 is 11.3 Å². The van der Waals surface area contributed by atoms with Gasteiger partial charge in [0.1, 0.15) is 0 Å². The molecule has 1 saturated carbocycles. The first kappa shape index (κ1) is 17.5. The number of likely N-dealkylation sites (tertiary alicyclic amines) is 1. The van der Waals surface area contributed by atoms with Crippen molar-refractivity contribution in [3.8, 4) is 0 Å². The van der Waals surface area contributed by atoms with Crippen LogP contribution < -0.4 is 5.32 Å². The van der Waals surface area contributed by atoms with Crippen LogP contribution in [0.25, 0.3) is 10.1 Å². The van der Waals surface area contributed by atoms with Crippen molar-refractivity contribution in [2.75, 3.05) is 13.1 Å². The normalized spacial score (nSPS) is 19.6. The summed E-state index contributed by atoms with van der Waals surface area (Å²) >= 11 is 1.57. The van der Waals surface area contributed by atoms with Gasteiger partial charge in [-0.1, -0.05) is 37.5 Å². The van der Waals surface area contributed by atoms with Crippen LogP contribution in [-0.4, -0.2) is 35.8 Å². The standard InChI is InChI=1S/C21H26N2O2S/c24-20(15-6-2-1-3-7-15)22-17-10-12-23(13-11-17)21(25)19-14-16-8-4-5-9-18(16)26-19/h4-5,8-9,14-15,17H,1-3,6-7,10-13H2,(H,22,24). The monoisotopic (exact) mass is 370 g/mol. The first-order chi connectivity index (χ1) is 12.7. The van der Waals surface area contributed by atoms with Gasteiger partial charge in [-0.2, -0.15) is 0 Å². The van der Waals surface area contributed by atoms with Gasteiger partial charge in [-0.25, -0.2) is 0 Å². The van der Waals surface area contributed by atoms with E-state index in [2.05, 4.69) is 17.4 Å². The summed E-state index contributed by atoms with van der Waals surface area (Å²) in [4.78, 5) is 28.0. The summed E-state index contributed by atoms with van der Waals surface area (Å²) in [5, 5.41) is 4.37. The SMILES string of the molecule is O=C(NC1CCN(C(=O)c2cc3ccccc3s2)CC1)C1CCCCC1. The Morgan fingerprint density at radius 1 is 1.00 bits per heavy atom. The van der Waals surface area contributed by atoms with E-state index in [9.17, 15) is 9.59 Å². The minimum absolute atomic E-state index is 0.128. The topological polar surface area (TPSA) is 49.4 Å². The van der Waals surface area contributed by atoms with Crippen LogP contribution in [0.4, 0.5) is 0 Å². The zero-order chi connectivity index (χ0) is 17.9. The highest BCUT2D eigenvalue weighted by atomic mass is 32.1. The van der Waals surface area contributed by atoms with Crippen molar-refractivity contribution in [2.45, 2.75) is 51.0 Å². The molecule has 1 aromatic heterocycles. The molecule has 26 heavy (non-hydrogen) atoms. The number of carbonyl (C=O) groups is 2. The van der Waals surface area contributed by atoms with E-state index in [1.807, 2.05) is 23.1 Å². The number of carbonyl (C=O) groups excluding carboxylic acids is 2. The lowest BCUT2D eigenvalue weighted by Gasteiger charge is -2.33. The van der Waals surface area contributed by atoms with Crippen LogP contribution in [0.1, 0.15) is 54.6 Å². The first-order valence-electron chi connectivity index (χ1n) is 9.79. The largest absolute Gasteiger partial charge is 0.353 e. The molecule has 1 aromatic carbocycles. The van der Waals surface area contributed by atoms with Crippen molar-refractivity contribution >= 4 is 33.2 Å². The van der Waals surface area contributed by atoms with Crippen molar-refractivity contribution in [1.29, 1.82) is 0 Å². The van der Waals surface area contributed by atoms with E-state index in [1.165, 1.54) is 19.3 Å². The Hall–Kier alpha value is -1.88. The van der Waals surface area contributed by atoms with Crippen LogP contribution in [0.5, 0.6) is 0 Å². The molecule has 1 aliphatic heterocycles. The molecular formula is C21H26N2O2S. The number of amides is 2. The fourth-order valence-corrected chi connectivity index (χ4v) is 5.18. The summed E-state index contributed by atoms with van der Waals surface area (Å²) in [6.07, 6.45) is 7.41. The quantitative estimate of drug-likeness (QED) is 0.880. The minimum atomic E-state index is 0.128. The molecule has 2 heterocycles. The molecule has 4 rings (SSSR count). The number of nitrogens with one attached hydrogen (secondary N) is 1. The van der Waals surface area contributed by atoms with Crippen molar-refractivity contribution in [1.82, 2.24) is 10.2 Å². The van der Waals surface area contributed by atoms with Gasteiger partial charge in [0.15, 0.2) is 0 Å². The second-order valence-corrected chi connectivity index (χ2v) is 8.64. The Balaban J connectivity index is 1.31. The van der Waals surface area contributed by atoms with E-state index in [4.69, 9.17) is 0 Å². The van der Waals surface area contributed by atoms with Gasteiger partial charge in [-0.15, -0.1) is 11.3 Å². The summed E-state index contributed by atoms with van der Waals surface area (Å²) in [6.45, 7) is 1.45.